The van der Waals surface area contributed by atoms with E-state index in [1.165, 1.54) is 17.8 Å². The van der Waals surface area contributed by atoms with Crippen LogP contribution in [0.1, 0.15) is 11.9 Å². The highest BCUT2D eigenvalue weighted by atomic mass is 32.2. The third kappa shape index (κ3) is 3.21. The molecule has 0 aliphatic carbocycles. The summed E-state index contributed by atoms with van der Waals surface area (Å²) in [5, 5.41) is 18.6. The molecule has 1 N–H and O–H groups in total. The number of aromatic nitrogens is 2. The Hall–Kier alpha value is -1.97. The number of nitro benzene ring substituents is 1. The zero-order valence-corrected chi connectivity index (χ0v) is 13.7. The van der Waals surface area contributed by atoms with E-state index in [1.807, 2.05) is 13.3 Å². The van der Waals surface area contributed by atoms with E-state index in [-0.39, 0.29) is 17.6 Å². The smallest absolute Gasteiger partial charge is 0.282 e. The summed E-state index contributed by atoms with van der Waals surface area (Å²) in [5.41, 5.74) is 0.320. The Kier molecular flexibility index (Phi) is 4.60. The third-order valence-electron chi connectivity index (χ3n) is 3.88. The van der Waals surface area contributed by atoms with Gasteiger partial charge in [-0.2, -0.15) is 4.98 Å². The molecule has 1 aliphatic heterocycles. The van der Waals surface area contributed by atoms with Crippen LogP contribution in [-0.4, -0.2) is 52.9 Å². The molecule has 0 bridgehead atoms. The fourth-order valence-electron chi connectivity index (χ4n) is 2.55. The SMILES string of the molecule is CSc1ccc([N+](=O)[O-])c(-c2nc(C3CNCCN3C)no2)c1. The molecule has 0 amide bonds. The Labute approximate surface area is 137 Å². The second-order valence-electron chi connectivity index (χ2n) is 5.30. The van der Waals surface area contributed by atoms with Crippen LogP contribution in [-0.2, 0) is 0 Å². The van der Waals surface area contributed by atoms with Crippen LogP contribution < -0.4 is 5.32 Å². The van der Waals surface area contributed by atoms with Gasteiger partial charge in [0.15, 0.2) is 5.82 Å². The van der Waals surface area contributed by atoms with Crippen molar-refractivity contribution in [1.29, 1.82) is 0 Å². The molecule has 1 aromatic carbocycles. The lowest BCUT2D eigenvalue weighted by atomic mass is 10.1. The minimum Gasteiger partial charge on any atom is -0.334 e. The molecule has 8 nitrogen and oxygen atoms in total. The summed E-state index contributed by atoms with van der Waals surface area (Å²) in [5.74, 6) is 0.722. The molecule has 2 aromatic rings. The van der Waals surface area contributed by atoms with E-state index >= 15 is 0 Å². The minimum atomic E-state index is -0.433. The van der Waals surface area contributed by atoms with Crippen LogP contribution in [0.4, 0.5) is 5.69 Å². The summed E-state index contributed by atoms with van der Waals surface area (Å²) in [4.78, 5) is 18.3. The standard InChI is InChI=1S/C14H17N5O3S/c1-18-6-5-15-8-12(18)13-16-14(22-17-13)10-7-9(23-2)3-4-11(10)19(20)21/h3-4,7,12,15H,5-6,8H2,1-2H3. The molecule has 0 radical (unpaired) electrons. The summed E-state index contributed by atoms with van der Waals surface area (Å²) < 4.78 is 5.31. The van der Waals surface area contributed by atoms with Gasteiger partial charge >= 0.3 is 0 Å². The maximum Gasteiger partial charge on any atom is 0.282 e. The maximum absolute atomic E-state index is 11.2. The highest BCUT2D eigenvalue weighted by Gasteiger charge is 2.27. The average molecular weight is 335 g/mol. The fraction of sp³-hybridized carbons (Fsp3) is 0.429. The van der Waals surface area contributed by atoms with E-state index in [4.69, 9.17) is 4.52 Å². The van der Waals surface area contributed by atoms with Crippen LogP contribution in [0.3, 0.4) is 0 Å². The predicted molar refractivity (Wildman–Crippen MR) is 86.4 cm³/mol. The summed E-state index contributed by atoms with van der Waals surface area (Å²) in [6.45, 7) is 2.53. The molecule has 1 fully saturated rings. The van der Waals surface area contributed by atoms with Gasteiger partial charge in [0, 0.05) is 30.6 Å². The monoisotopic (exact) mass is 335 g/mol. The van der Waals surface area contributed by atoms with Crippen LogP contribution in [0.5, 0.6) is 0 Å². The van der Waals surface area contributed by atoms with Gasteiger partial charge < -0.3 is 9.84 Å². The van der Waals surface area contributed by atoms with Gasteiger partial charge in [-0.25, -0.2) is 0 Å². The first-order chi connectivity index (χ1) is 11.1. The van der Waals surface area contributed by atoms with Gasteiger partial charge in [0.25, 0.3) is 11.6 Å². The van der Waals surface area contributed by atoms with Crippen molar-refractivity contribution in [3.8, 4) is 11.5 Å². The van der Waals surface area contributed by atoms with E-state index in [9.17, 15) is 10.1 Å². The van der Waals surface area contributed by atoms with Crippen molar-refractivity contribution in [2.24, 2.45) is 0 Å². The lowest BCUT2D eigenvalue weighted by Crippen LogP contribution is -2.44. The number of thioether (sulfide) groups is 1. The number of nitro groups is 1. The highest BCUT2D eigenvalue weighted by Crippen LogP contribution is 2.33. The first kappa shape index (κ1) is 15.9. The number of nitrogens with one attached hydrogen (secondary N) is 1. The second-order valence-corrected chi connectivity index (χ2v) is 6.18. The fourth-order valence-corrected chi connectivity index (χ4v) is 2.99. The van der Waals surface area contributed by atoms with Crippen molar-refractivity contribution in [2.75, 3.05) is 32.9 Å². The van der Waals surface area contributed by atoms with E-state index in [0.717, 1.165) is 24.5 Å². The van der Waals surface area contributed by atoms with Crippen molar-refractivity contribution in [3.63, 3.8) is 0 Å². The zero-order chi connectivity index (χ0) is 16.4. The molecular formula is C14H17N5O3S. The Morgan fingerprint density at radius 3 is 3.04 bits per heavy atom. The Morgan fingerprint density at radius 2 is 2.35 bits per heavy atom. The number of hydrogen-bond donors (Lipinski definition) is 1. The largest absolute Gasteiger partial charge is 0.334 e. The molecule has 1 aliphatic rings. The molecule has 1 saturated heterocycles. The van der Waals surface area contributed by atoms with E-state index in [2.05, 4.69) is 20.4 Å². The number of benzene rings is 1. The molecule has 3 rings (SSSR count). The molecular weight excluding hydrogens is 318 g/mol. The van der Waals surface area contributed by atoms with Gasteiger partial charge in [0.05, 0.1) is 11.0 Å². The van der Waals surface area contributed by atoms with Crippen LogP contribution in [0, 0.1) is 10.1 Å². The van der Waals surface area contributed by atoms with Crippen LogP contribution in [0.15, 0.2) is 27.6 Å². The predicted octanol–water partition coefficient (Wildman–Crippen LogP) is 1.94. The molecule has 1 aromatic heterocycles. The van der Waals surface area contributed by atoms with E-state index in [0.29, 0.717) is 11.4 Å². The van der Waals surface area contributed by atoms with Gasteiger partial charge in [0.2, 0.25) is 0 Å². The first-order valence-electron chi connectivity index (χ1n) is 7.17. The Balaban J connectivity index is 1.98. The maximum atomic E-state index is 11.2. The molecule has 122 valence electrons. The van der Waals surface area contributed by atoms with Crippen molar-refractivity contribution in [2.45, 2.75) is 10.9 Å². The Bertz CT molecular complexity index is 720. The normalized spacial score (nSPS) is 19.0. The minimum absolute atomic E-state index is 0.00374. The molecule has 1 unspecified atom stereocenters. The summed E-state index contributed by atoms with van der Waals surface area (Å²) in [6.07, 6.45) is 1.91. The lowest BCUT2D eigenvalue weighted by molar-refractivity contribution is -0.384. The Morgan fingerprint density at radius 1 is 1.52 bits per heavy atom. The van der Waals surface area contributed by atoms with Crippen LogP contribution >= 0.6 is 11.8 Å². The zero-order valence-electron chi connectivity index (χ0n) is 12.9. The topological polar surface area (TPSA) is 97.3 Å². The van der Waals surface area contributed by atoms with Crippen LogP contribution in [0.25, 0.3) is 11.5 Å². The van der Waals surface area contributed by atoms with Gasteiger partial charge in [0.1, 0.15) is 5.56 Å². The summed E-state index contributed by atoms with van der Waals surface area (Å²) in [6, 6.07) is 4.90. The first-order valence-corrected chi connectivity index (χ1v) is 8.40. The third-order valence-corrected chi connectivity index (χ3v) is 4.61. The molecule has 2 heterocycles. The number of likely N-dealkylation sites (N-methyl/N-ethyl adjacent to an activating group) is 1. The summed E-state index contributed by atoms with van der Waals surface area (Å²) in [7, 11) is 2.00. The highest BCUT2D eigenvalue weighted by molar-refractivity contribution is 7.98. The van der Waals surface area contributed by atoms with Crippen molar-refractivity contribution >= 4 is 17.4 Å². The lowest BCUT2D eigenvalue weighted by Gasteiger charge is -2.30. The molecule has 9 heteroatoms. The van der Waals surface area contributed by atoms with Crippen molar-refractivity contribution in [3.05, 3.63) is 34.1 Å². The molecule has 0 spiro atoms. The molecule has 1 atom stereocenters. The van der Waals surface area contributed by atoms with E-state index in [1.54, 1.807) is 12.1 Å². The van der Waals surface area contributed by atoms with Gasteiger partial charge in [-0.1, -0.05) is 5.16 Å². The molecule has 23 heavy (non-hydrogen) atoms. The number of nitrogens with zero attached hydrogens (tertiary/aromatic N) is 4. The van der Waals surface area contributed by atoms with Gasteiger partial charge in [-0.3, -0.25) is 15.0 Å². The van der Waals surface area contributed by atoms with Gasteiger partial charge in [-0.15, -0.1) is 11.8 Å². The van der Waals surface area contributed by atoms with E-state index < -0.39 is 4.92 Å². The second kappa shape index (κ2) is 6.65. The number of hydrogen-bond acceptors (Lipinski definition) is 8. The van der Waals surface area contributed by atoms with Gasteiger partial charge in [-0.05, 0) is 25.4 Å². The summed E-state index contributed by atoms with van der Waals surface area (Å²) >= 11 is 1.50. The van der Waals surface area contributed by atoms with Crippen molar-refractivity contribution < 1.29 is 9.45 Å². The van der Waals surface area contributed by atoms with Crippen LogP contribution in [0.2, 0.25) is 0 Å². The number of rotatable bonds is 4. The molecule has 0 saturated carbocycles. The quantitative estimate of drug-likeness (QED) is 0.514. The number of piperazine rings is 1. The van der Waals surface area contributed by atoms with Crippen molar-refractivity contribution in [1.82, 2.24) is 20.4 Å². The average Bonchev–Trinajstić information content (AvgIpc) is 3.04.